The second kappa shape index (κ2) is 8.24. The highest BCUT2D eigenvalue weighted by molar-refractivity contribution is 7.99. The van der Waals surface area contributed by atoms with E-state index in [1.807, 2.05) is 30.3 Å². The summed E-state index contributed by atoms with van der Waals surface area (Å²) >= 11 is 1.75. The van der Waals surface area contributed by atoms with Gasteiger partial charge in [-0.3, -0.25) is 0 Å². The van der Waals surface area contributed by atoms with Crippen molar-refractivity contribution in [3.8, 4) is 5.75 Å². The molecule has 0 N–H and O–H groups in total. The van der Waals surface area contributed by atoms with E-state index >= 15 is 0 Å². The Labute approximate surface area is 180 Å². The smallest absolute Gasteiger partial charge is 0.410 e. The molecule has 0 atom stereocenters. The predicted octanol–water partition coefficient (Wildman–Crippen LogP) is 5.05. The number of carbonyl (C=O) groups excluding carboxylic acids is 1. The lowest BCUT2D eigenvalue weighted by atomic mass is 10.1. The molecule has 0 radical (unpaired) electrons. The first-order chi connectivity index (χ1) is 14.8. The number of nitrogens with zero attached hydrogens (tertiary/aromatic N) is 3. The number of fused-ring (bicyclic) bond motifs is 2. The highest BCUT2D eigenvalue weighted by Crippen LogP contribution is 2.40. The number of amidine groups is 1. The van der Waals surface area contributed by atoms with E-state index in [-0.39, 0.29) is 6.09 Å². The Hall–Kier alpha value is -3.25. The zero-order valence-corrected chi connectivity index (χ0v) is 17.2. The number of rotatable bonds is 1. The van der Waals surface area contributed by atoms with Crippen molar-refractivity contribution in [2.45, 2.75) is 9.79 Å². The largest absolute Gasteiger partial charge is 0.415 e. The molecule has 5 nitrogen and oxygen atoms in total. The Bertz CT molecular complexity index is 1090. The van der Waals surface area contributed by atoms with Crippen molar-refractivity contribution in [2.24, 2.45) is 4.99 Å². The van der Waals surface area contributed by atoms with Gasteiger partial charge in [-0.25, -0.2) is 9.79 Å². The van der Waals surface area contributed by atoms with E-state index < -0.39 is 0 Å². The summed E-state index contributed by atoms with van der Waals surface area (Å²) in [4.78, 5) is 23.9. The van der Waals surface area contributed by atoms with Crippen LogP contribution in [-0.2, 0) is 0 Å². The van der Waals surface area contributed by atoms with Crippen LogP contribution in [0.5, 0.6) is 5.75 Å². The molecule has 0 spiro atoms. The van der Waals surface area contributed by atoms with Crippen LogP contribution in [0.15, 0.2) is 93.6 Å². The van der Waals surface area contributed by atoms with Gasteiger partial charge in [0.2, 0.25) is 0 Å². The highest BCUT2D eigenvalue weighted by atomic mass is 32.2. The molecule has 30 heavy (non-hydrogen) atoms. The molecule has 1 amide bonds. The van der Waals surface area contributed by atoms with E-state index in [1.54, 1.807) is 28.8 Å². The number of hydrogen-bond acceptors (Lipinski definition) is 5. The van der Waals surface area contributed by atoms with Gasteiger partial charge in [0.15, 0.2) is 0 Å². The van der Waals surface area contributed by atoms with Crippen LogP contribution in [0, 0.1) is 0 Å². The first-order valence-electron chi connectivity index (χ1n) is 10.00. The van der Waals surface area contributed by atoms with Crippen LogP contribution in [0.3, 0.4) is 0 Å². The standard InChI is InChI=1S/C24H21N3O2S/c28-24(29-18-8-2-1-3-9-18)27-16-14-26(15-17-27)23-19-10-4-6-12-21(19)30-22-13-7-5-11-20(22)25-23/h1-13H,14-17H2. The summed E-state index contributed by atoms with van der Waals surface area (Å²) in [6.45, 7) is 2.62. The fourth-order valence-corrected chi connectivity index (χ4v) is 4.68. The predicted molar refractivity (Wildman–Crippen MR) is 119 cm³/mol. The third kappa shape index (κ3) is 3.78. The molecule has 0 aliphatic carbocycles. The van der Waals surface area contributed by atoms with Crippen molar-refractivity contribution in [3.05, 3.63) is 84.4 Å². The van der Waals surface area contributed by atoms with E-state index in [1.165, 1.54) is 4.90 Å². The molecule has 2 aliphatic rings. The Morgan fingerprint density at radius 3 is 2.27 bits per heavy atom. The van der Waals surface area contributed by atoms with Crippen LogP contribution >= 0.6 is 11.8 Å². The van der Waals surface area contributed by atoms with Crippen molar-refractivity contribution in [2.75, 3.05) is 26.2 Å². The highest BCUT2D eigenvalue weighted by Gasteiger charge is 2.27. The summed E-state index contributed by atoms with van der Waals surface area (Å²) in [5.74, 6) is 1.54. The summed E-state index contributed by atoms with van der Waals surface area (Å²) < 4.78 is 5.49. The van der Waals surface area contributed by atoms with Crippen LogP contribution in [0.2, 0.25) is 0 Å². The molecule has 2 heterocycles. The third-order valence-electron chi connectivity index (χ3n) is 5.23. The SMILES string of the molecule is O=C(Oc1ccccc1)N1CCN(C2=Nc3ccccc3Sc3ccccc32)CC1. The average molecular weight is 416 g/mol. The molecule has 1 fully saturated rings. The van der Waals surface area contributed by atoms with Crippen LogP contribution in [0.25, 0.3) is 0 Å². The number of benzene rings is 3. The molecule has 0 bridgehead atoms. The Balaban J connectivity index is 1.35. The van der Waals surface area contributed by atoms with Crippen molar-refractivity contribution < 1.29 is 9.53 Å². The van der Waals surface area contributed by atoms with Crippen molar-refractivity contribution in [3.63, 3.8) is 0 Å². The van der Waals surface area contributed by atoms with Gasteiger partial charge in [0, 0.05) is 41.5 Å². The number of piperazine rings is 1. The molecular formula is C24H21N3O2S. The molecule has 0 aromatic heterocycles. The summed E-state index contributed by atoms with van der Waals surface area (Å²) in [5.41, 5.74) is 2.12. The quantitative estimate of drug-likeness (QED) is 0.558. The fourth-order valence-electron chi connectivity index (χ4n) is 3.66. The molecule has 1 saturated heterocycles. The lowest BCUT2D eigenvalue weighted by molar-refractivity contribution is 0.130. The first-order valence-corrected chi connectivity index (χ1v) is 10.8. The molecule has 0 saturated carbocycles. The fraction of sp³-hybridized carbons (Fsp3) is 0.167. The molecule has 150 valence electrons. The maximum Gasteiger partial charge on any atom is 0.415 e. The zero-order valence-electron chi connectivity index (χ0n) is 16.4. The maximum absolute atomic E-state index is 12.5. The molecular weight excluding hydrogens is 394 g/mol. The topological polar surface area (TPSA) is 45.1 Å². The van der Waals surface area contributed by atoms with Crippen molar-refractivity contribution in [1.82, 2.24) is 9.80 Å². The van der Waals surface area contributed by atoms with Gasteiger partial charge in [0.1, 0.15) is 11.6 Å². The van der Waals surface area contributed by atoms with Crippen LogP contribution in [-0.4, -0.2) is 47.9 Å². The molecule has 6 heteroatoms. The minimum atomic E-state index is -0.301. The minimum absolute atomic E-state index is 0.301. The van der Waals surface area contributed by atoms with Crippen LogP contribution < -0.4 is 4.74 Å². The second-order valence-electron chi connectivity index (χ2n) is 7.16. The number of hydrogen-bond donors (Lipinski definition) is 0. The molecule has 5 rings (SSSR count). The van der Waals surface area contributed by atoms with Gasteiger partial charge in [-0.1, -0.05) is 60.3 Å². The molecule has 3 aromatic carbocycles. The van der Waals surface area contributed by atoms with Gasteiger partial charge in [-0.05, 0) is 30.3 Å². The second-order valence-corrected chi connectivity index (χ2v) is 8.24. The number of ether oxygens (including phenoxy) is 1. The number of para-hydroxylation sites is 2. The van der Waals surface area contributed by atoms with E-state index in [9.17, 15) is 4.79 Å². The number of amides is 1. The van der Waals surface area contributed by atoms with Gasteiger partial charge in [-0.2, -0.15) is 0 Å². The first kappa shape index (κ1) is 18.8. The zero-order chi connectivity index (χ0) is 20.3. The number of aliphatic imine (C=N–C) groups is 1. The Morgan fingerprint density at radius 2 is 1.47 bits per heavy atom. The average Bonchev–Trinajstić information content (AvgIpc) is 2.96. The van der Waals surface area contributed by atoms with Gasteiger partial charge >= 0.3 is 6.09 Å². The van der Waals surface area contributed by atoms with Crippen molar-refractivity contribution in [1.29, 1.82) is 0 Å². The van der Waals surface area contributed by atoms with E-state index in [0.29, 0.717) is 31.9 Å². The maximum atomic E-state index is 12.5. The van der Waals surface area contributed by atoms with Gasteiger partial charge in [-0.15, -0.1) is 0 Å². The Morgan fingerprint density at radius 1 is 0.800 bits per heavy atom. The summed E-state index contributed by atoms with van der Waals surface area (Å²) in [6.07, 6.45) is -0.301. The van der Waals surface area contributed by atoms with E-state index in [2.05, 4.69) is 41.3 Å². The van der Waals surface area contributed by atoms with Gasteiger partial charge in [0.05, 0.1) is 5.69 Å². The Kier molecular flexibility index (Phi) is 5.15. The summed E-state index contributed by atoms with van der Waals surface area (Å²) in [6, 6.07) is 25.8. The molecule has 3 aromatic rings. The van der Waals surface area contributed by atoms with Crippen molar-refractivity contribution >= 4 is 29.4 Å². The summed E-state index contributed by atoms with van der Waals surface area (Å²) in [5, 5.41) is 0. The van der Waals surface area contributed by atoms with Crippen LogP contribution in [0.4, 0.5) is 10.5 Å². The van der Waals surface area contributed by atoms with E-state index in [0.717, 1.165) is 22.0 Å². The monoisotopic (exact) mass is 415 g/mol. The molecule has 0 unspecified atom stereocenters. The van der Waals surface area contributed by atoms with Crippen LogP contribution in [0.1, 0.15) is 5.56 Å². The lowest BCUT2D eigenvalue weighted by Gasteiger charge is -2.36. The van der Waals surface area contributed by atoms with E-state index in [4.69, 9.17) is 9.73 Å². The molecule has 2 aliphatic heterocycles. The normalized spacial score (nSPS) is 15.5. The number of carbonyl (C=O) groups is 1. The summed E-state index contributed by atoms with van der Waals surface area (Å²) in [7, 11) is 0. The van der Waals surface area contributed by atoms with Gasteiger partial charge in [0.25, 0.3) is 0 Å². The third-order valence-corrected chi connectivity index (χ3v) is 6.37. The van der Waals surface area contributed by atoms with Gasteiger partial charge < -0.3 is 14.5 Å². The lowest BCUT2D eigenvalue weighted by Crippen LogP contribution is -2.51. The minimum Gasteiger partial charge on any atom is -0.410 e.